The maximum absolute atomic E-state index is 10.5. The van der Waals surface area contributed by atoms with Crippen molar-refractivity contribution in [1.29, 1.82) is 0 Å². The van der Waals surface area contributed by atoms with Crippen molar-refractivity contribution >= 4 is 5.69 Å². The Morgan fingerprint density at radius 1 is 1.33 bits per heavy atom. The van der Waals surface area contributed by atoms with Gasteiger partial charge in [-0.3, -0.25) is 15.0 Å². The normalized spacial score (nSPS) is 17.6. The first-order chi connectivity index (χ1) is 8.65. The van der Waals surface area contributed by atoms with Crippen LogP contribution in [-0.2, 0) is 0 Å². The lowest BCUT2D eigenvalue weighted by molar-refractivity contribution is -0.384. The van der Waals surface area contributed by atoms with Gasteiger partial charge in [-0.2, -0.15) is 0 Å². The molecule has 0 radical (unpaired) electrons. The number of ether oxygens (including phenoxy) is 1. The number of benzene rings is 1. The van der Waals surface area contributed by atoms with E-state index >= 15 is 0 Å². The molecule has 1 saturated heterocycles. The van der Waals surface area contributed by atoms with Crippen LogP contribution in [0.25, 0.3) is 0 Å². The number of non-ortho nitro benzene ring substituents is 1. The van der Waals surface area contributed by atoms with E-state index in [0.29, 0.717) is 5.75 Å². The fourth-order valence-corrected chi connectivity index (χ4v) is 2.24. The van der Waals surface area contributed by atoms with Crippen molar-refractivity contribution in [3.63, 3.8) is 0 Å². The summed E-state index contributed by atoms with van der Waals surface area (Å²) in [6.07, 6.45) is 2.64. The van der Waals surface area contributed by atoms with Gasteiger partial charge in [0.15, 0.2) is 0 Å². The largest absolute Gasteiger partial charge is 0.489 e. The monoisotopic (exact) mass is 250 g/mol. The van der Waals surface area contributed by atoms with Gasteiger partial charge in [-0.05, 0) is 45.0 Å². The van der Waals surface area contributed by atoms with Gasteiger partial charge in [0.2, 0.25) is 0 Å². The number of rotatable bonds is 5. The van der Waals surface area contributed by atoms with Crippen LogP contribution >= 0.6 is 0 Å². The molecule has 0 bridgehead atoms. The van der Waals surface area contributed by atoms with Gasteiger partial charge in [0.1, 0.15) is 11.9 Å². The van der Waals surface area contributed by atoms with Crippen LogP contribution in [0.1, 0.15) is 19.8 Å². The third-order valence-electron chi connectivity index (χ3n) is 3.10. The lowest BCUT2D eigenvalue weighted by Crippen LogP contribution is -2.31. The Morgan fingerprint density at radius 2 is 1.94 bits per heavy atom. The smallest absolute Gasteiger partial charge is 0.269 e. The molecule has 18 heavy (non-hydrogen) atoms. The average molecular weight is 250 g/mol. The second kappa shape index (κ2) is 5.82. The highest BCUT2D eigenvalue weighted by atomic mass is 16.6. The Balaban J connectivity index is 1.86. The summed E-state index contributed by atoms with van der Waals surface area (Å²) in [6.45, 7) is 5.23. The van der Waals surface area contributed by atoms with Crippen LogP contribution in [0.2, 0.25) is 0 Å². The van der Waals surface area contributed by atoms with Gasteiger partial charge in [-0.25, -0.2) is 0 Å². The van der Waals surface area contributed by atoms with E-state index < -0.39 is 4.92 Å². The van der Waals surface area contributed by atoms with E-state index in [1.54, 1.807) is 12.1 Å². The van der Waals surface area contributed by atoms with Crippen LogP contribution in [0.3, 0.4) is 0 Å². The zero-order valence-electron chi connectivity index (χ0n) is 10.5. The molecule has 1 heterocycles. The summed E-state index contributed by atoms with van der Waals surface area (Å²) < 4.78 is 5.75. The minimum absolute atomic E-state index is 0.0922. The zero-order valence-corrected chi connectivity index (χ0v) is 10.5. The topological polar surface area (TPSA) is 55.6 Å². The van der Waals surface area contributed by atoms with Crippen molar-refractivity contribution in [3.05, 3.63) is 34.4 Å². The number of hydrogen-bond acceptors (Lipinski definition) is 4. The van der Waals surface area contributed by atoms with E-state index in [2.05, 4.69) is 4.90 Å². The molecule has 0 spiro atoms. The molecular formula is C13H18N2O3. The van der Waals surface area contributed by atoms with E-state index in [1.807, 2.05) is 6.92 Å². The number of nitro benzene ring substituents is 1. The molecule has 98 valence electrons. The first-order valence-electron chi connectivity index (χ1n) is 6.28. The van der Waals surface area contributed by atoms with Gasteiger partial charge in [-0.15, -0.1) is 0 Å². The van der Waals surface area contributed by atoms with Gasteiger partial charge < -0.3 is 4.74 Å². The molecule has 1 aliphatic heterocycles. The van der Waals surface area contributed by atoms with E-state index in [4.69, 9.17) is 4.74 Å². The van der Waals surface area contributed by atoms with Gasteiger partial charge in [0.25, 0.3) is 5.69 Å². The average Bonchev–Trinajstić information content (AvgIpc) is 2.82. The molecule has 0 aromatic heterocycles. The first kappa shape index (κ1) is 12.8. The van der Waals surface area contributed by atoms with Crippen LogP contribution in [0.5, 0.6) is 5.75 Å². The number of hydrogen-bond donors (Lipinski definition) is 0. The summed E-state index contributed by atoms with van der Waals surface area (Å²) in [5, 5.41) is 10.5. The Morgan fingerprint density at radius 3 is 2.50 bits per heavy atom. The maximum atomic E-state index is 10.5. The van der Waals surface area contributed by atoms with Crippen LogP contribution in [0.15, 0.2) is 24.3 Å². The van der Waals surface area contributed by atoms with Crippen molar-refractivity contribution in [2.45, 2.75) is 25.9 Å². The minimum atomic E-state index is -0.405. The van der Waals surface area contributed by atoms with Gasteiger partial charge >= 0.3 is 0 Å². The summed E-state index contributed by atoms with van der Waals surface area (Å²) in [7, 11) is 0. The fourth-order valence-electron chi connectivity index (χ4n) is 2.24. The molecule has 2 rings (SSSR count). The van der Waals surface area contributed by atoms with Crippen LogP contribution in [0, 0.1) is 10.1 Å². The second-order valence-corrected chi connectivity index (χ2v) is 4.69. The van der Waals surface area contributed by atoms with Crippen molar-refractivity contribution in [2.75, 3.05) is 19.6 Å². The van der Waals surface area contributed by atoms with Crippen LogP contribution < -0.4 is 4.74 Å². The highest BCUT2D eigenvalue weighted by Gasteiger charge is 2.15. The summed E-state index contributed by atoms with van der Waals surface area (Å²) in [4.78, 5) is 12.5. The maximum Gasteiger partial charge on any atom is 0.269 e. The second-order valence-electron chi connectivity index (χ2n) is 4.69. The molecule has 0 aliphatic carbocycles. The van der Waals surface area contributed by atoms with Gasteiger partial charge in [-0.1, -0.05) is 0 Å². The summed E-state index contributed by atoms with van der Waals surface area (Å²) in [5.74, 6) is 0.687. The van der Waals surface area contributed by atoms with Crippen LogP contribution in [0.4, 0.5) is 5.69 Å². The molecule has 0 amide bonds. The lowest BCUT2D eigenvalue weighted by atomic mass is 10.3. The number of likely N-dealkylation sites (tertiary alicyclic amines) is 1. The number of nitrogens with zero attached hydrogens (tertiary/aromatic N) is 2. The molecule has 5 heteroatoms. The Kier molecular flexibility index (Phi) is 4.15. The quantitative estimate of drug-likeness (QED) is 0.595. The van der Waals surface area contributed by atoms with Crippen molar-refractivity contribution in [1.82, 2.24) is 4.90 Å². The van der Waals surface area contributed by atoms with E-state index in [1.165, 1.54) is 25.0 Å². The molecule has 1 atom stereocenters. The lowest BCUT2D eigenvalue weighted by Gasteiger charge is -2.21. The standard InChI is InChI=1S/C13H18N2O3/c1-11(10-14-8-2-3-9-14)18-13-6-4-12(5-7-13)15(16)17/h4-7,11H,2-3,8-10H2,1H3/t11-/m1/s1. The predicted molar refractivity (Wildman–Crippen MR) is 68.9 cm³/mol. The van der Waals surface area contributed by atoms with E-state index in [9.17, 15) is 10.1 Å². The summed E-state index contributed by atoms with van der Waals surface area (Å²) in [5.41, 5.74) is 0.0922. The molecule has 0 saturated carbocycles. The minimum Gasteiger partial charge on any atom is -0.489 e. The number of nitro groups is 1. The molecule has 5 nitrogen and oxygen atoms in total. The molecule has 0 unspecified atom stereocenters. The van der Waals surface area contributed by atoms with Crippen LogP contribution in [-0.4, -0.2) is 35.6 Å². The predicted octanol–water partition coefficient (Wildman–Crippen LogP) is 2.46. The van der Waals surface area contributed by atoms with Crippen molar-refractivity contribution in [2.24, 2.45) is 0 Å². The fraction of sp³-hybridized carbons (Fsp3) is 0.538. The molecule has 1 aliphatic rings. The van der Waals surface area contributed by atoms with Crippen molar-refractivity contribution < 1.29 is 9.66 Å². The zero-order chi connectivity index (χ0) is 13.0. The SMILES string of the molecule is C[C@H](CN1CCCC1)Oc1ccc([N+](=O)[O-])cc1. The molecule has 1 fully saturated rings. The molecular weight excluding hydrogens is 232 g/mol. The Hall–Kier alpha value is -1.62. The molecule has 0 N–H and O–H groups in total. The van der Waals surface area contributed by atoms with Gasteiger partial charge in [0.05, 0.1) is 4.92 Å². The van der Waals surface area contributed by atoms with Crippen molar-refractivity contribution in [3.8, 4) is 5.75 Å². The third-order valence-corrected chi connectivity index (χ3v) is 3.10. The molecule has 1 aromatic rings. The summed E-state index contributed by atoms with van der Waals surface area (Å²) in [6, 6.07) is 6.24. The highest BCUT2D eigenvalue weighted by Crippen LogP contribution is 2.19. The Labute approximate surface area is 107 Å². The first-order valence-corrected chi connectivity index (χ1v) is 6.28. The molecule has 1 aromatic carbocycles. The van der Waals surface area contributed by atoms with E-state index in [-0.39, 0.29) is 11.8 Å². The van der Waals surface area contributed by atoms with Gasteiger partial charge in [0, 0.05) is 18.7 Å². The third kappa shape index (κ3) is 3.43. The Bertz CT molecular complexity index is 399. The van der Waals surface area contributed by atoms with E-state index in [0.717, 1.165) is 19.6 Å². The summed E-state index contributed by atoms with van der Waals surface area (Å²) >= 11 is 0. The highest BCUT2D eigenvalue weighted by molar-refractivity contribution is 5.36.